The van der Waals surface area contributed by atoms with Crippen LogP contribution in [-0.4, -0.2) is 60.2 Å². The van der Waals surface area contributed by atoms with E-state index in [-0.39, 0.29) is 24.1 Å². The number of hydrogen-bond acceptors (Lipinski definition) is 7. The van der Waals surface area contributed by atoms with Crippen LogP contribution in [-0.2, 0) is 11.3 Å². The SMILES string of the molecule is CCOc1ccccc1N1CCN(C(=O)c2coc(CN3C(=O)CSc4ccccc43)n2)CC1. The van der Waals surface area contributed by atoms with Crippen molar-refractivity contribution in [1.82, 2.24) is 9.88 Å². The van der Waals surface area contributed by atoms with E-state index in [0.29, 0.717) is 44.4 Å². The van der Waals surface area contributed by atoms with Crippen LogP contribution in [0.4, 0.5) is 11.4 Å². The number of rotatable bonds is 6. The van der Waals surface area contributed by atoms with Crippen LogP contribution >= 0.6 is 11.8 Å². The summed E-state index contributed by atoms with van der Waals surface area (Å²) < 4.78 is 11.3. The Hall–Kier alpha value is -3.46. The average Bonchev–Trinajstić information content (AvgIpc) is 3.35. The van der Waals surface area contributed by atoms with E-state index in [1.165, 1.54) is 18.0 Å². The highest BCUT2D eigenvalue weighted by atomic mass is 32.2. The van der Waals surface area contributed by atoms with Crippen molar-refractivity contribution in [3.8, 4) is 5.75 Å². The highest BCUT2D eigenvalue weighted by Crippen LogP contribution is 2.35. The van der Waals surface area contributed by atoms with Gasteiger partial charge in [-0.15, -0.1) is 11.8 Å². The molecule has 9 heteroatoms. The van der Waals surface area contributed by atoms with Crippen LogP contribution < -0.4 is 14.5 Å². The number of carbonyl (C=O) groups excluding carboxylic acids is 2. The fourth-order valence-corrected chi connectivity index (χ4v) is 5.19. The minimum atomic E-state index is -0.159. The zero-order valence-electron chi connectivity index (χ0n) is 19.0. The molecule has 176 valence electrons. The number of benzene rings is 2. The van der Waals surface area contributed by atoms with Gasteiger partial charge in [0.25, 0.3) is 5.91 Å². The maximum absolute atomic E-state index is 13.1. The molecule has 0 aliphatic carbocycles. The van der Waals surface area contributed by atoms with Crippen molar-refractivity contribution in [3.05, 3.63) is 66.4 Å². The minimum absolute atomic E-state index is 0.00164. The maximum atomic E-state index is 13.1. The number of oxazole rings is 1. The first-order valence-corrected chi connectivity index (χ1v) is 12.3. The molecule has 3 aromatic rings. The first-order chi connectivity index (χ1) is 16.6. The second kappa shape index (κ2) is 9.80. The van der Waals surface area contributed by atoms with Gasteiger partial charge in [0.15, 0.2) is 5.69 Å². The molecule has 1 aromatic heterocycles. The third kappa shape index (κ3) is 4.48. The molecule has 34 heavy (non-hydrogen) atoms. The summed E-state index contributed by atoms with van der Waals surface area (Å²) in [6.07, 6.45) is 1.39. The van der Waals surface area contributed by atoms with Gasteiger partial charge >= 0.3 is 0 Å². The highest BCUT2D eigenvalue weighted by molar-refractivity contribution is 8.00. The fraction of sp³-hybridized carbons (Fsp3) is 0.320. The largest absolute Gasteiger partial charge is 0.492 e. The number of carbonyl (C=O) groups is 2. The molecule has 8 nitrogen and oxygen atoms in total. The molecule has 0 unspecified atom stereocenters. The molecule has 0 spiro atoms. The first kappa shape index (κ1) is 22.3. The van der Waals surface area contributed by atoms with Crippen LogP contribution in [0.5, 0.6) is 5.75 Å². The molecule has 3 heterocycles. The number of ether oxygens (including phenoxy) is 1. The Bertz CT molecular complexity index is 1190. The highest BCUT2D eigenvalue weighted by Gasteiger charge is 2.28. The molecular formula is C25H26N4O4S. The van der Waals surface area contributed by atoms with Crippen molar-refractivity contribution in [3.63, 3.8) is 0 Å². The zero-order valence-corrected chi connectivity index (χ0v) is 19.8. The van der Waals surface area contributed by atoms with E-state index in [0.717, 1.165) is 22.0 Å². The van der Waals surface area contributed by atoms with Crippen molar-refractivity contribution in [1.29, 1.82) is 0 Å². The molecule has 0 N–H and O–H groups in total. The normalized spacial score (nSPS) is 15.9. The Morgan fingerprint density at radius 2 is 1.79 bits per heavy atom. The Labute approximate surface area is 202 Å². The number of amides is 2. The summed E-state index contributed by atoms with van der Waals surface area (Å²) in [6.45, 7) is 5.35. The Morgan fingerprint density at radius 1 is 1.06 bits per heavy atom. The average molecular weight is 479 g/mol. The molecule has 0 bridgehead atoms. The van der Waals surface area contributed by atoms with Crippen molar-refractivity contribution in [2.24, 2.45) is 0 Å². The predicted octanol–water partition coefficient (Wildman–Crippen LogP) is 3.67. The third-order valence-electron chi connectivity index (χ3n) is 5.95. The second-order valence-corrected chi connectivity index (χ2v) is 9.06. The van der Waals surface area contributed by atoms with E-state index in [1.807, 2.05) is 55.5 Å². The lowest BCUT2D eigenvalue weighted by atomic mass is 10.2. The van der Waals surface area contributed by atoms with Crippen molar-refractivity contribution < 1.29 is 18.7 Å². The molecule has 2 amide bonds. The van der Waals surface area contributed by atoms with Crippen LogP contribution in [0.15, 0.2) is 64.1 Å². The number of nitrogens with zero attached hydrogens (tertiary/aromatic N) is 4. The molecule has 0 atom stereocenters. The lowest BCUT2D eigenvalue weighted by molar-refractivity contribution is -0.116. The van der Waals surface area contributed by atoms with E-state index < -0.39 is 0 Å². The van der Waals surface area contributed by atoms with E-state index in [2.05, 4.69) is 9.88 Å². The van der Waals surface area contributed by atoms with Crippen LogP contribution in [0, 0.1) is 0 Å². The number of fused-ring (bicyclic) bond motifs is 1. The van der Waals surface area contributed by atoms with Gasteiger partial charge in [-0.25, -0.2) is 4.98 Å². The quantitative estimate of drug-likeness (QED) is 0.535. The lowest BCUT2D eigenvalue weighted by Gasteiger charge is -2.36. The topological polar surface area (TPSA) is 79.1 Å². The number of aromatic nitrogens is 1. The monoisotopic (exact) mass is 478 g/mol. The van der Waals surface area contributed by atoms with Gasteiger partial charge < -0.3 is 23.9 Å². The summed E-state index contributed by atoms with van der Waals surface area (Å²) in [5.41, 5.74) is 2.16. The van der Waals surface area contributed by atoms with Gasteiger partial charge in [0.1, 0.15) is 18.6 Å². The number of piperazine rings is 1. The summed E-state index contributed by atoms with van der Waals surface area (Å²) in [7, 11) is 0. The molecule has 1 fully saturated rings. The molecule has 0 radical (unpaired) electrons. The van der Waals surface area contributed by atoms with Crippen molar-refractivity contribution in [2.45, 2.75) is 18.4 Å². The number of thioether (sulfide) groups is 1. The summed E-state index contributed by atoms with van der Waals surface area (Å²) in [5.74, 6) is 1.42. The summed E-state index contributed by atoms with van der Waals surface area (Å²) in [6, 6.07) is 15.7. The van der Waals surface area contributed by atoms with Gasteiger partial charge in [-0.05, 0) is 31.2 Å². The minimum Gasteiger partial charge on any atom is -0.492 e. The van der Waals surface area contributed by atoms with Gasteiger partial charge in [-0.3, -0.25) is 9.59 Å². The van der Waals surface area contributed by atoms with Crippen LogP contribution in [0.2, 0.25) is 0 Å². The Kier molecular flexibility index (Phi) is 6.44. The molecular weight excluding hydrogens is 452 g/mol. The van der Waals surface area contributed by atoms with E-state index in [1.54, 1.807) is 9.80 Å². The fourth-order valence-electron chi connectivity index (χ4n) is 4.25. The predicted molar refractivity (Wildman–Crippen MR) is 131 cm³/mol. The second-order valence-electron chi connectivity index (χ2n) is 8.04. The van der Waals surface area contributed by atoms with Gasteiger partial charge in [-0.1, -0.05) is 24.3 Å². The van der Waals surface area contributed by atoms with Gasteiger partial charge in [0, 0.05) is 31.1 Å². The van der Waals surface area contributed by atoms with E-state index in [4.69, 9.17) is 9.15 Å². The molecule has 0 saturated carbocycles. The Balaban J connectivity index is 1.23. The smallest absolute Gasteiger partial charge is 0.275 e. The number of para-hydroxylation sites is 3. The summed E-state index contributed by atoms with van der Waals surface area (Å²) in [5, 5.41) is 0. The first-order valence-electron chi connectivity index (χ1n) is 11.4. The van der Waals surface area contributed by atoms with Crippen molar-refractivity contribution in [2.75, 3.05) is 48.3 Å². The molecule has 2 aromatic carbocycles. The maximum Gasteiger partial charge on any atom is 0.275 e. The molecule has 2 aliphatic heterocycles. The zero-order chi connectivity index (χ0) is 23.5. The molecule has 5 rings (SSSR count). The Morgan fingerprint density at radius 3 is 2.59 bits per heavy atom. The van der Waals surface area contributed by atoms with Crippen LogP contribution in [0.1, 0.15) is 23.3 Å². The van der Waals surface area contributed by atoms with Gasteiger partial charge in [-0.2, -0.15) is 0 Å². The van der Waals surface area contributed by atoms with Crippen LogP contribution in [0.3, 0.4) is 0 Å². The third-order valence-corrected chi connectivity index (χ3v) is 6.99. The van der Waals surface area contributed by atoms with Crippen molar-refractivity contribution >= 4 is 35.0 Å². The molecule has 2 aliphatic rings. The lowest BCUT2D eigenvalue weighted by Crippen LogP contribution is -2.49. The van der Waals surface area contributed by atoms with Crippen LogP contribution in [0.25, 0.3) is 0 Å². The van der Waals surface area contributed by atoms with Gasteiger partial charge in [0.05, 0.1) is 23.7 Å². The van der Waals surface area contributed by atoms with E-state index >= 15 is 0 Å². The standard InChI is InChI=1S/C25H26N4O4S/c1-2-32-21-9-5-3-7-19(21)27-11-13-28(14-12-27)25(31)18-16-33-23(26-18)15-29-20-8-4-6-10-22(20)34-17-24(29)30/h3-10,16H,2,11-15,17H2,1H3. The summed E-state index contributed by atoms with van der Waals surface area (Å²) >= 11 is 1.53. The van der Waals surface area contributed by atoms with Gasteiger partial charge in [0.2, 0.25) is 11.8 Å². The summed E-state index contributed by atoms with van der Waals surface area (Å²) in [4.78, 5) is 36.7. The molecule has 1 saturated heterocycles. The number of anilines is 2. The number of hydrogen-bond donors (Lipinski definition) is 0. The van der Waals surface area contributed by atoms with E-state index in [9.17, 15) is 9.59 Å².